The molecule has 6 nitrogen and oxygen atoms in total. The molecule has 1 aromatic carbocycles. The SMILES string of the molecule is Cc1cc(N)nc(CCCCNCC(=O)Nc2ccccc2N(C)C)c1. The molecule has 0 atom stereocenters. The number of aryl methyl sites for hydroxylation is 2. The Morgan fingerprint density at radius 1 is 1.19 bits per heavy atom. The van der Waals surface area contributed by atoms with Crippen LogP contribution in [0.15, 0.2) is 36.4 Å². The minimum absolute atomic E-state index is 0.0348. The number of carbonyl (C=O) groups excluding carboxylic acids is 1. The number of nitrogens with zero attached hydrogens (tertiary/aromatic N) is 2. The zero-order chi connectivity index (χ0) is 18.9. The first-order chi connectivity index (χ1) is 12.5. The average molecular weight is 355 g/mol. The van der Waals surface area contributed by atoms with Crippen molar-refractivity contribution in [2.75, 3.05) is 43.1 Å². The number of carbonyl (C=O) groups is 1. The predicted octanol–water partition coefficient (Wildman–Crippen LogP) is 2.59. The number of pyridine rings is 1. The van der Waals surface area contributed by atoms with E-state index in [9.17, 15) is 4.79 Å². The van der Waals surface area contributed by atoms with Crippen molar-refractivity contribution < 1.29 is 4.79 Å². The lowest BCUT2D eigenvalue weighted by molar-refractivity contribution is -0.115. The lowest BCUT2D eigenvalue weighted by atomic mass is 10.1. The van der Waals surface area contributed by atoms with Crippen LogP contribution < -0.4 is 21.3 Å². The van der Waals surface area contributed by atoms with Crippen LogP contribution in [0.3, 0.4) is 0 Å². The van der Waals surface area contributed by atoms with Gasteiger partial charge in [-0.15, -0.1) is 0 Å². The van der Waals surface area contributed by atoms with Gasteiger partial charge in [0.1, 0.15) is 5.82 Å². The quantitative estimate of drug-likeness (QED) is 0.602. The van der Waals surface area contributed by atoms with Crippen molar-refractivity contribution in [3.63, 3.8) is 0 Å². The normalized spacial score (nSPS) is 10.6. The van der Waals surface area contributed by atoms with Gasteiger partial charge in [-0.25, -0.2) is 4.98 Å². The topological polar surface area (TPSA) is 83.3 Å². The highest BCUT2D eigenvalue weighted by Gasteiger charge is 2.07. The molecular weight excluding hydrogens is 326 g/mol. The Morgan fingerprint density at radius 3 is 2.69 bits per heavy atom. The molecule has 1 amide bonds. The molecule has 1 aromatic heterocycles. The van der Waals surface area contributed by atoms with Gasteiger partial charge in [-0.2, -0.15) is 0 Å². The molecule has 6 heteroatoms. The number of hydrogen-bond donors (Lipinski definition) is 3. The maximum atomic E-state index is 12.1. The molecule has 0 aliphatic carbocycles. The van der Waals surface area contributed by atoms with Crippen molar-refractivity contribution in [1.29, 1.82) is 0 Å². The monoisotopic (exact) mass is 355 g/mol. The third-order valence-corrected chi connectivity index (χ3v) is 4.02. The Labute approximate surface area is 155 Å². The van der Waals surface area contributed by atoms with Gasteiger partial charge in [0.15, 0.2) is 0 Å². The van der Waals surface area contributed by atoms with Gasteiger partial charge in [0, 0.05) is 19.8 Å². The van der Waals surface area contributed by atoms with E-state index in [1.165, 1.54) is 0 Å². The van der Waals surface area contributed by atoms with Crippen molar-refractivity contribution in [3.05, 3.63) is 47.7 Å². The largest absolute Gasteiger partial charge is 0.384 e. The van der Waals surface area contributed by atoms with Crippen molar-refractivity contribution >= 4 is 23.1 Å². The molecular formula is C20H29N5O. The number of nitrogens with two attached hydrogens (primary N) is 1. The van der Waals surface area contributed by atoms with E-state index >= 15 is 0 Å². The number of unbranched alkanes of at least 4 members (excludes halogenated alkanes) is 1. The maximum absolute atomic E-state index is 12.1. The molecule has 4 N–H and O–H groups in total. The van der Waals surface area contributed by atoms with Crippen LogP contribution in [0.25, 0.3) is 0 Å². The number of hydrogen-bond acceptors (Lipinski definition) is 5. The van der Waals surface area contributed by atoms with Gasteiger partial charge in [0.2, 0.25) is 5.91 Å². The summed E-state index contributed by atoms with van der Waals surface area (Å²) in [6.45, 7) is 3.12. The molecule has 0 aliphatic heterocycles. The Morgan fingerprint density at radius 2 is 1.96 bits per heavy atom. The summed E-state index contributed by atoms with van der Waals surface area (Å²) in [6, 6.07) is 11.7. The molecule has 140 valence electrons. The summed E-state index contributed by atoms with van der Waals surface area (Å²) in [5.74, 6) is 0.542. The fraction of sp³-hybridized carbons (Fsp3) is 0.400. The highest BCUT2D eigenvalue weighted by Crippen LogP contribution is 2.23. The van der Waals surface area contributed by atoms with Crippen molar-refractivity contribution in [2.45, 2.75) is 26.2 Å². The molecule has 2 aromatic rings. The van der Waals surface area contributed by atoms with Gasteiger partial charge in [0.25, 0.3) is 0 Å². The fourth-order valence-corrected chi connectivity index (χ4v) is 2.82. The Kier molecular flexibility index (Phi) is 7.41. The van der Waals surface area contributed by atoms with Gasteiger partial charge in [-0.05, 0) is 62.6 Å². The number of benzene rings is 1. The Bertz CT molecular complexity index is 710. The molecule has 0 bridgehead atoms. The average Bonchev–Trinajstić information content (AvgIpc) is 2.57. The second-order valence-corrected chi connectivity index (χ2v) is 6.65. The predicted molar refractivity (Wildman–Crippen MR) is 109 cm³/mol. The van der Waals surface area contributed by atoms with E-state index in [-0.39, 0.29) is 5.91 Å². The highest BCUT2D eigenvalue weighted by atomic mass is 16.1. The molecule has 0 radical (unpaired) electrons. The van der Waals surface area contributed by atoms with E-state index in [2.05, 4.69) is 21.7 Å². The van der Waals surface area contributed by atoms with Crippen LogP contribution in [0.1, 0.15) is 24.1 Å². The minimum Gasteiger partial charge on any atom is -0.384 e. The Balaban J connectivity index is 1.66. The third-order valence-electron chi connectivity index (χ3n) is 4.02. The second kappa shape index (κ2) is 9.77. The molecule has 0 aliphatic rings. The highest BCUT2D eigenvalue weighted by molar-refractivity contribution is 5.95. The van der Waals surface area contributed by atoms with Crippen molar-refractivity contribution in [3.8, 4) is 0 Å². The number of para-hydroxylation sites is 2. The van der Waals surface area contributed by atoms with Crippen LogP contribution in [0, 0.1) is 6.92 Å². The van der Waals surface area contributed by atoms with Gasteiger partial charge in [0.05, 0.1) is 17.9 Å². The van der Waals surface area contributed by atoms with E-state index < -0.39 is 0 Å². The summed E-state index contributed by atoms with van der Waals surface area (Å²) in [7, 11) is 3.92. The van der Waals surface area contributed by atoms with E-state index in [0.29, 0.717) is 12.4 Å². The summed E-state index contributed by atoms with van der Waals surface area (Å²) >= 11 is 0. The van der Waals surface area contributed by atoms with Gasteiger partial charge in [-0.3, -0.25) is 4.79 Å². The number of anilines is 3. The van der Waals surface area contributed by atoms with Gasteiger partial charge in [-0.1, -0.05) is 12.1 Å². The molecule has 2 rings (SSSR count). The van der Waals surface area contributed by atoms with E-state index in [0.717, 1.165) is 48.4 Å². The lowest BCUT2D eigenvalue weighted by Gasteiger charge is -2.17. The van der Waals surface area contributed by atoms with Crippen molar-refractivity contribution in [1.82, 2.24) is 10.3 Å². The number of amides is 1. The Hall–Kier alpha value is -2.60. The first-order valence-electron chi connectivity index (χ1n) is 8.95. The summed E-state index contributed by atoms with van der Waals surface area (Å²) in [6.07, 6.45) is 2.89. The number of rotatable bonds is 9. The zero-order valence-electron chi connectivity index (χ0n) is 15.9. The lowest BCUT2D eigenvalue weighted by Crippen LogP contribution is -2.29. The van der Waals surface area contributed by atoms with Crippen LogP contribution >= 0.6 is 0 Å². The molecule has 0 spiro atoms. The van der Waals surface area contributed by atoms with Crippen LogP contribution in [0.2, 0.25) is 0 Å². The maximum Gasteiger partial charge on any atom is 0.238 e. The van der Waals surface area contributed by atoms with E-state index in [1.54, 1.807) is 0 Å². The van der Waals surface area contributed by atoms with E-state index in [1.807, 2.05) is 56.3 Å². The number of aromatic nitrogens is 1. The third kappa shape index (κ3) is 6.37. The first kappa shape index (κ1) is 19.7. The van der Waals surface area contributed by atoms with Crippen LogP contribution in [0.4, 0.5) is 17.2 Å². The second-order valence-electron chi connectivity index (χ2n) is 6.65. The zero-order valence-corrected chi connectivity index (χ0v) is 15.9. The number of nitrogens with one attached hydrogen (secondary N) is 2. The van der Waals surface area contributed by atoms with Crippen molar-refractivity contribution in [2.24, 2.45) is 0 Å². The minimum atomic E-state index is -0.0348. The molecule has 0 saturated heterocycles. The summed E-state index contributed by atoms with van der Waals surface area (Å²) in [5, 5.41) is 6.15. The molecule has 0 unspecified atom stereocenters. The summed E-state index contributed by atoms with van der Waals surface area (Å²) in [5.41, 5.74) is 9.75. The summed E-state index contributed by atoms with van der Waals surface area (Å²) in [4.78, 5) is 18.4. The van der Waals surface area contributed by atoms with E-state index in [4.69, 9.17) is 5.73 Å². The van der Waals surface area contributed by atoms with Crippen LogP contribution in [-0.4, -0.2) is 38.1 Å². The van der Waals surface area contributed by atoms with Gasteiger partial charge < -0.3 is 21.3 Å². The number of nitrogen functional groups attached to an aromatic ring is 1. The fourth-order valence-electron chi connectivity index (χ4n) is 2.82. The van der Waals surface area contributed by atoms with Crippen LogP contribution in [-0.2, 0) is 11.2 Å². The van der Waals surface area contributed by atoms with Gasteiger partial charge >= 0.3 is 0 Å². The molecule has 0 saturated carbocycles. The molecule has 26 heavy (non-hydrogen) atoms. The molecule has 0 fully saturated rings. The first-order valence-corrected chi connectivity index (χ1v) is 8.95. The molecule has 1 heterocycles. The summed E-state index contributed by atoms with van der Waals surface area (Å²) < 4.78 is 0. The van der Waals surface area contributed by atoms with Crippen LogP contribution in [0.5, 0.6) is 0 Å². The standard InChI is InChI=1S/C20H29N5O/c1-15-12-16(23-19(21)13-15)8-6-7-11-22-14-20(26)24-17-9-4-5-10-18(17)25(2)3/h4-5,9-10,12-13,22H,6-8,11,14H2,1-3H3,(H2,21,23)(H,24,26). The smallest absolute Gasteiger partial charge is 0.238 e.